The molecule has 1 fully saturated rings. The Hall–Kier alpha value is -2.19. The Labute approximate surface area is 147 Å². The second-order valence-corrected chi connectivity index (χ2v) is 7.90. The van der Waals surface area contributed by atoms with Gasteiger partial charge in [-0.1, -0.05) is 18.7 Å². The number of primary sulfonamides is 1. The van der Waals surface area contributed by atoms with Crippen LogP contribution in [0.3, 0.4) is 0 Å². The number of anilines is 1. The van der Waals surface area contributed by atoms with Crippen LogP contribution < -0.4 is 10.5 Å². The van der Waals surface area contributed by atoms with Crippen LogP contribution in [0.5, 0.6) is 0 Å². The van der Waals surface area contributed by atoms with Gasteiger partial charge in [-0.15, -0.1) is 0 Å². The Morgan fingerprint density at radius 1 is 1.24 bits per heavy atom. The minimum absolute atomic E-state index is 0.0110. The van der Waals surface area contributed by atoms with Gasteiger partial charge in [0.15, 0.2) is 0 Å². The molecule has 0 atom stereocenters. The quantitative estimate of drug-likeness (QED) is 0.734. The largest absolute Gasteiger partial charge is 0.343 e. The number of carbonyl (C=O) groups is 2. The molecule has 25 heavy (non-hydrogen) atoms. The minimum atomic E-state index is -3.52. The number of nitrogens with zero attached hydrogens (tertiary/aromatic N) is 1. The van der Waals surface area contributed by atoms with E-state index in [1.165, 1.54) is 6.08 Å². The predicted molar refractivity (Wildman–Crippen MR) is 96.3 cm³/mol. The highest BCUT2D eigenvalue weighted by atomic mass is 32.2. The van der Waals surface area contributed by atoms with Crippen LogP contribution in [0.15, 0.2) is 36.9 Å². The van der Waals surface area contributed by atoms with Gasteiger partial charge in [0.05, 0.1) is 5.25 Å². The molecular weight excluding hydrogens is 342 g/mol. The first-order valence-electron chi connectivity index (χ1n) is 8.11. The van der Waals surface area contributed by atoms with E-state index < -0.39 is 15.3 Å². The third kappa shape index (κ3) is 5.68. The van der Waals surface area contributed by atoms with E-state index in [1.54, 1.807) is 17.0 Å². The first-order chi connectivity index (χ1) is 11.8. The standard InChI is InChI=1S/C17H23N3O4S/c1-2-16(21)19-14-6-3-13(4-7-14)5-8-17(22)20-11-9-15(10-12-20)25(18,23)24/h2-4,6-7,15H,1,5,8-12H2,(H,19,21)(H2,18,23,24). The summed E-state index contributed by atoms with van der Waals surface area (Å²) in [5.41, 5.74) is 1.66. The van der Waals surface area contributed by atoms with Crippen LogP contribution in [0.2, 0.25) is 0 Å². The third-order valence-electron chi connectivity index (χ3n) is 4.29. The van der Waals surface area contributed by atoms with Gasteiger partial charge >= 0.3 is 0 Å². The van der Waals surface area contributed by atoms with Crippen LogP contribution in [0.4, 0.5) is 5.69 Å². The maximum atomic E-state index is 12.3. The normalized spacial score (nSPS) is 15.6. The first kappa shape index (κ1) is 19.1. The van der Waals surface area contributed by atoms with Gasteiger partial charge in [0.1, 0.15) is 0 Å². The van der Waals surface area contributed by atoms with Gasteiger partial charge in [-0.25, -0.2) is 13.6 Å². The van der Waals surface area contributed by atoms with Crippen molar-refractivity contribution in [2.45, 2.75) is 30.9 Å². The highest BCUT2D eigenvalue weighted by Crippen LogP contribution is 2.17. The molecule has 0 saturated carbocycles. The number of nitrogens with two attached hydrogens (primary N) is 1. The van der Waals surface area contributed by atoms with Gasteiger partial charge in [0, 0.05) is 25.2 Å². The molecule has 136 valence electrons. The van der Waals surface area contributed by atoms with Crippen molar-refractivity contribution >= 4 is 27.5 Å². The molecule has 1 saturated heterocycles. The molecule has 1 aliphatic rings. The highest BCUT2D eigenvalue weighted by molar-refractivity contribution is 7.89. The van der Waals surface area contributed by atoms with Crippen molar-refractivity contribution in [1.29, 1.82) is 0 Å². The van der Waals surface area contributed by atoms with Gasteiger partial charge in [-0.2, -0.15) is 0 Å². The number of benzene rings is 1. The molecule has 8 heteroatoms. The van der Waals surface area contributed by atoms with E-state index in [4.69, 9.17) is 5.14 Å². The zero-order valence-electron chi connectivity index (χ0n) is 14.0. The minimum Gasteiger partial charge on any atom is -0.343 e. The molecular formula is C17H23N3O4S. The van der Waals surface area contributed by atoms with E-state index in [2.05, 4.69) is 11.9 Å². The number of aryl methyl sites for hydroxylation is 1. The van der Waals surface area contributed by atoms with Gasteiger partial charge in [0.25, 0.3) is 0 Å². The molecule has 1 heterocycles. The molecule has 0 spiro atoms. The van der Waals surface area contributed by atoms with Crippen LogP contribution >= 0.6 is 0 Å². The zero-order valence-corrected chi connectivity index (χ0v) is 14.8. The predicted octanol–water partition coefficient (Wildman–Crippen LogP) is 1.02. The second kappa shape index (κ2) is 8.26. The lowest BCUT2D eigenvalue weighted by Crippen LogP contribution is -2.44. The van der Waals surface area contributed by atoms with Crippen LogP contribution in [-0.2, 0) is 26.0 Å². The van der Waals surface area contributed by atoms with E-state index in [-0.39, 0.29) is 11.8 Å². The summed E-state index contributed by atoms with van der Waals surface area (Å²) in [4.78, 5) is 25.2. The summed E-state index contributed by atoms with van der Waals surface area (Å²) in [5, 5.41) is 7.27. The molecule has 1 aliphatic heterocycles. The summed E-state index contributed by atoms with van der Waals surface area (Å²) in [6, 6.07) is 7.27. The molecule has 0 aliphatic carbocycles. The Bertz CT molecular complexity index is 736. The Morgan fingerprint density at radius 3 is 2.36 bits per heavy atom. The lowest BCUT2D eigenvalue weighted by Gasteiger charge is -2.31. The summed E-state index contributed by atoms with van der Waals surface area (Å²) in [7, 11) is -3.52. The number of nitrogens with one attached hydrogen (secondary N) is 1. The van der Waals surface area contributed by atoms with Gasteiger partial charge in [-0.3, -0.25) is 9.59 Å². The summed E-state index contributed by atoms with van der Waals surface area (Å²) < 4.78 is 22.7. The van der Waals surface area contributed by atoms with Crippen molar-refractivity contribution in [1.82, 2.24) is 4.90 Å². The second-order valence-electron chi connectivity index (χ2n) is 6.06. The molecule has 1 aromatic rings. The molecule has 2 rings (SSSR count). The molecule has 0 aromatic heterocycles. The van der Waals surface area contributed by atoms with Gasteiger partial charge in [-0.05, 0) is 43.0 Å². The van der Waals surface area contributed by atoms with E-state index in [0.29, 0.717) is 44.5 Å². The Morgan fingerprint density at radius 2 is 1.84 bits per heavy atom. The van der Waals surface area contributed by atoms with Crippen LogP contribution in [0, 0.1) is 0 Å². The van der Waals surface area contributed by atoms with Gasteiger partial charge < -0.3 is 10.2 Å². The lowest BCUT2D eigenvalue weighted by molar-refractivity contribution is -0.132. The monoisotopic (exact) mass is 365 g/mol. The Kier molecular flexibility index (Phi) is 6.33. The topological polar surface area (TPSA) is 110 Å². The van der Waals surface area contributed by atoms with Crippen molar-refractivity contribution < 1.29 is 18.0 Å². The number of amides is 2. The third-order valence-corrected chi connectivity index (χ3v) is 5.69. The number of piperidine rings is 1. The van der Waals surface area contributed by atoms with Crippen molar-refractivity contribution in [3.63, 3.8) is 0 Å². The van der Waals surface area contributed by atoms with Crippen LogP contribution in [0.1, 0.15) is 24.8 Å². The van der Waals surface area contributed by atoms with Crippen molar-refractivity contribution in [3.05, 3.63) is 42.5 Å². The number of carbonyl (C=O) groups excluding carboxylic acids is 2. The van der Waals surface area contributed by atoms with E-state index in [0.717, 1.165) is 5.56 Å². The molecule has 7 nitrogen and oxygen atoms in total. The summed E-state index contributed by atoms with van der Waals surface area (Å²) in [5.74, 6) is -0.261. The van der Waals surface area contributed by atoms with Gasteiger partial charge in [0.2, 0.25) is 21.8 Å². The molecule has 2 amide bonds. The van der Waals surface area contributed by atoms with E-state index in [1.807, 2.05) is 12.1 Å². The fraction of sp³-hybridized carbons (Fsp3) is 0.412. The molecule has 0 unspecified atom stereocenters. The molecule has 3 N–H and O–H groups in total. The first-order valence-corrected chi connectivity index (χ1v) is 9.72. The van der Waals surface area contributed by atoms with Crippen molar-refractivity contribution in [3.8, 4) is 0 Å². The summed E-state index contributed by atoms with van der Waals surface area (Å²) in [6.07, 6.45) is 2.93. The molecule has 0 bridgehead atoms. The Balaban J connectivity index is 1.80. The molecule has 1 aromatic carbocycles. The summed E-state index contributed by atoms with van der Waals surface area (Å²) >= 11 is 0. The zero-order chi connectivity index (χ0) is 18.4. The average molecular weight is 365 g/mol. The smallest absolute Gasteiger partial charge is 0.247 e. The van der Waals surface area contributed by atoms with Crippen molar-refractivity contribution in [2.75, 3.05) is 18.4 Å². The maximum absolute atomic E-state index is 12.3. The number of likely N-dealkylation sites (tertiary alicyclic amines) is 1. The number of hydrogen-bond donors (Lipinski definition) is 2. The fourth-order valence-corrected chi connectivity index (χ4v) is 3.66. The summed E-state index contributed by atoms with van der Waals surface area (Å²) in [6.45, 7) is 4.24. The highest BCUT2D eigenvalue weighted by Gasteiger charge is 2.28. The van der Waals surface area contributed by atoms with Crippen LogP contribution in [0.25, 0.3) is 0 Å². The lowest BCUT2D eigenvalue weighted by atomic mass is 10.1. The van der Waals surface area contributed by atoms with E-state index >= 15 is 0 Å². The van der Waals surface area contributed by atoms with Crippen LogP contribution in [-0.4, -0.2) is 43.5 Å². The maximum Gasteiger partial charge on any atom is 0.247 e. The number of rotatable bonds is 6. The fourth-order valence-electron chi connectivity index (χ4n) is 2.79. The molecule has 0 radical (unpaired) electrons. The number of sulfonamides is 1. The van der Waals surface area contributed by atoms with E-state index in [9.17, 15) is 18.0 Å². The average Bonchev–Trinajstić information content (AvgIpc) is 2.60. The van der Waals surface area contributed by atoms with Crippen molar-refractivity contribution in [2.24, 2.45) is 5.14 Å². The number of hydrogen-bond acceptors (Lipinski definition) is 4. The SMILES string of the molecule is C=CC(=O)Nc1ccc(CCC(=O)N2CCC(S(N)(=O)=O)CC2)cc1.